The molecule has 1 aliphatic rings. The van der Waals surface area contributed by atoms with Crippen molar-refractivity contribution < 1.29 is 14.3 Å². The number of halogens is 1. The van der Waals surface area contributed by atoms with E-state index < -0.39 is 0 Å². The topological polar surface area (TPSA) is 70.7 Å². The zero-order valence-corrected chi connectivity index (χ0v) is 16.2. The molecule has 7 heteroatoms. The number of morpholine rings is 1. The molecule has 0 bridgehead atoms. The van der Waals surface area contributed by atoms with Crippen LogP contribution in [0.5, 0.6) is 0 Å². The highest BCUT2D eigenvalue weighted by atomic mass is 35.5. The Morgan fingerprint density at radius 3 is 2.54 bits per heavy atom. The summed E-state index contributed by atoms with van der Waals surface area (Å²) in [6.07, 6.45) is 1.01. The second kappa shape index (κ2) is 10.5. The van der Waals surface area contributed by atoms with Gasteiger partial charge in [0.15, 0.2) is 0 Å². The summed E-state index contributed by atoms with van der Waals surface area (Å²) < 4.78 is 5.41. The largest absolute Gasteiger partial charge is 0.379 e. The standard InChI is InChI=1S/C19H28ClN3O3/c1-14(2)11-15(23-7-9-26-10-8-23)12-21-18(24)13-22-19(25)16-5-3-4-6-17(16)20/h3-6,14-15H,7-13H2,1-2H3,(H,21,24)(H,22,25). The molecule has 2 N–H and O–H groups in total. The van der Waals surface area contributed by atoms with Crippen molar-refractivity contribution in [2.24, 2.45) is 5.92 Å². The molecular weight excluding hydrogens is 354 g/mol. The number of nitrogens with zero attached hydrogens (tertiary/aromatic N) is 1. The van der Waals surface area contributed by atoms with Gasteiger partial charge in [-0.05, 0) is 24.5 Å². The lowest BCUT2D eigenvalue weighted by molar-refractivity contribution is -0.120. The van der Waals surface area contributed by atoms with Crippen LogP contribution in [0.1, 0.15) is 30.6 Å². The number of amides is 2. The Kier molecular flexibility index (Phi) is 8.35. The molecule has 1 aliphatic heterocycles. The predicted octanol–water partition coefficient (Wildman–Crippen LogP) is 1.93. The average molecular weight is 382 g/mol. The van der Waals surface area contributed by atoms with E-state index in [1.165, 1.54) is 0 Å². The molecule has 0 spiro atoms. The molecule has 1 aromatic carbocycles. The third kappa shape index (κ3) is 6.59. The van der Waals surface area contributed by atoms with E-state index >= 15 is 0 Å². The third-order valence-corrected chi connectivity index (χ3v) is 4.70. The van der Waals surface area contributed by atoms with Crippen LogP contribution in [0, 0.1) is 5.92 Å². The summed E-state index contributed by atoms with van der Waals surface area (Å²) >= 11 is 5.99. The fourth-order valence-electron chi connectivity index (χ4n) is 3.04. The molecule has 1 saturated heterocycles. The zero-order valence-electron chi connectivity index (χ0n) is 15.5. The van der Waals surface area contributed by atoms with Crippen LogP contribution in [0.2, 0.25) is 5.02 Å². The molecule has 1 aromatic rings. The zero-order chi connectivity index (χ0) is 18.9. The van der Waals surface area contributed by atoms with E-state index in [9.17, 15) is 9.59 Å². The minimum Gasteiger partial charge on any atom is -0.379 e. The molecule has 1 atom stereocenters. The fourth-order valence-corrected chi connectivity index (χ4v) is 3.27. The molecule has 2 rings (SSSR count). The van der Waals surface area contributed by atoms with Crippen molar-refractivity contribution in [2.45, 2.75) is 26.3 Å². The normalized spacial score (nSPS) is 16.3. The van der Waals surface area contributed by atoms with Gasteiger partial charge in [-0.3, -0.25) is 14.5 Å². The van der Waals surface area contributed by atoms with Gasteiger partial charge in [0.1, 0.15) is 0 Å². The van der Waals surface area contributed by atoms with Gasteiger partial charge in [-0.2, -0.15) is 0 Å². The van der Waals surface area contributed by atoms with Crippen molar-refractivity contribution in [3.05, 3.63) is 34.9 Å². The summed E-state index contributed by atoms with van der Waals surface area (Å²) in [6.45, 7) is 8.10. The van der Waals surface area contributed by atoms with Gasteiger partial charge >= 0.3 is 0 Å². The minimum absolute atomic E-state index is 0.0679. The van der Waals surface area contributed by atoms with E-state index in [2.05, 4.69) is 29.4 Å². The Balaban J connectivity index is 1.80. The Bertz CT molecular complexity index is 603. The van der Waals surface area contributed by atoms with Gasteiger partial charge in [0, 0.05) is 25.7 Å². The van der Waals surface area contributed by atoms with Gasteiger partial charge < -0.3 is 15.4 Å². The van der Waals surface area contributed by atoms with Gasteiger partial charge in [-0.15, -0.1) is 0 Å². The van der Waals surface area contributed by atoms with Crippen LogP contribution < -0.4 is 10.6 Å². The molecule has 1 heterocycles. The Morgan fingerprint density at radius 1 is 1.19 bits per heavy atom. The summed E-state index contributed by atoms with van der Waals surface area (Å²) in [5, 5.41) is 5.92. The number of benzene rings is 1. The smallest absolute Gasteiger partial charge is 0.253 e. The molecule has 6 nitrogen and oxygen atoms in total. The maximum absolute atomic E-state index is 12.1. The van der Waals surface area contributed by atoms with Gasteiger partial charge in [-0.25, -0.2) is 0 Å². The van der Waals surface area contributed by atoms with Gasteiger partial charge in [0.25, 0.3) is 5.91 Å². The molecule has 0 saturated carbocycles. The summed E-state index contributed by atoms with van der Waals surface area (Å²) in [4.78, 5) is 26.6. The van der Waals surface area contributed by atoms with E-state index in [-0.39, 0.29) is 24.4 Å². The van der Waals surface area contributed by atoms with Crippen LogP contribution in [0.25, 0.3) is 0 Å². The molecule has 1 unspecified atom stereocenters. The molecule has 0 aliphatic carbocycles. The lowest BCUT2D eigenvalue weighted by atomic mass is 10.0. The minimum atomic E-state index is -0.349. The first-order valence-electron chi connectivity index (χ1n) is 9.08. The number of rotatable bonds is 8. The fraction of sp³-hybridized carbons (Fsp3) is 0.579. The second-order valence-corrected chi connectivity index (χ2v) is 7.31. The predicted molar refractivity (Wildman–Crippen MR) is 102 cm³/mol. The molecule has 26 heavy (non-hydrogen) atoms. The quantitative estimate of drug-likeness (QED) is 0.721. The summed E-state index contributed by atoms with van der Waals surface area (Å²) in [7, 11) is 0. The summed E-state index contributed by atoms with van der Waals surface area (Å²) in [5.74, 6) is -0.00949. The number of carbonyl (C=O) groups excluding carboxylic acids is 2. The molecule has 0 radical (unpaired) electrons. The Morgan fingerprint density at radius 2 is 1.88 bits per heavy atom. The highest BCUT2D eigenvalue weighted by Crippen LogP contribution is 2.14. The first kappa shape index (κ1) is 20.7. The number of hydrogen-bond donors (Lipinski definition) is 2. The Hall–Kier alpha value is -1.63. The van der Waals surface area contributed by atoms with Crippen molar-refractivity contribution in [1.82, 2.24) is 15.5 Å². The van der Waals surface area contributed by atoms with Crippen molar-refractivity contribution >= 4 is 23.4 Å². The highest BCUT2D eigenvalue weighted by molar-refractivity contribution is 6.33. The van der Waals surface area contributed by atoms with E-state index in [1.54, 1.807) is 24.3 Å². The van der Waals surface area contributed by atoms with Crippen LogP contribution in [0.4, 0.5) is 0 Å². The maximum Gasteiger partial charge on any atom is 0.253 e. The van der Waals surface area contributed by atoms with E-state index in [1.807, 2.05) is 0 Å². The van der Waals surface area contributed by atoms with Crippen LogP contribution in [0.3, 0.4) is 0 Å². The van der Waals surface area contributed by atoms with Crippen molar-refractivity contribution in [3.63, 3.8) is 0 Å². The molecule has 1 fully saturated rings. The van der Waals surface area contributed by atoms with E-state index in [0.717, 1.165) is 32.7 Å². The van der Waals surface area contributed by atoms with E-state index in [4.69, 9.17) is 16.3 Å². The Labute approximate surface area is 160 Å². The van der Waals surface area contributed by atoms with Crippen LogP contribution in [0.15, 0.2) is 24.3 Å². The molecule has 0 aromatic heterocycles. The van der Waals surface area contributed by atoms with Crippen molar-refractivity contribution in [2.75, 3.05) is 39.4 Å². The first-order chi connectivity index (χ1) is 12.5. The van der Waals surface area contributed by atoms with Crippen molar-refractivity contribution in [1.29, 1.82) is 0 Å². The number of nitrogens with one attached hydrogen (secondary N) is 2. The lowest BCUT2D eigenvalue weighted by Crippen LogP contribution is -2.50. The molecule has 2 amide bonds. The van der Waals surface area contributed by atoms with Crippen LogP contribution in [-0.4, -0.2) is 62.1 Å². The lowest BCUT2D eigenvalue weighted by Gasteiger charge is -2.35. The summed E-state index contributed by atoms with van der Waals surface area (Å²) in [6, 6.07) is 7.05. The second-order valence-electron chi connectivity index (χ2n) is 6.90. The monoisotopic (exact) mass is 381 g/mol. The summed E-state index contributed by atoms with van der Waals surface area (Å²) in [5.41, 5.74) is 0.368. The van der Waals surface area contributed by atoms with Crippen LogP contribution in [-0.2, 0) is 9.53 Å². The number of hydrogen-bond acceptors (Lipinski definition) is 4. The molecular formula is C19H28ClN3O3. The number of carbonyl (C=O) groups is 2. The molecule has 144 valence electrons. The van der Waals surface area contributed by atoms with Gasteiger partial charge in [0.2, 0.25) is 5.91 Å². The van der Waals surface area contributed by atoms with E-state index in [0.29, 0.717) is 23.0 Å². The van der Waals surface area contributed by atoms with Crippen molar-refractivity contribution in [3.8, 4) is 0 Å². The van der Waals surface area contributed by atoms with Crippen LogP contribution >= 0.6 is 11.6 Å². The van der Waals surface area contributed by atoms with Gasteiger partial charge in [0.05, 0.1) is 30.3 Å². The average Bonchev–Trinajstić information content (AvgIpc) is 2.64. The third-order valence-electron chi connectivity index (χ3n) is 4.37. The first-order valence-corrected chi connectivity index (χ1v) is 9.46. The van der Waals surface area contributed by atoms with Gasteiger partial charge in [-0.1, -0.05) is 37.6 Å². The number of ether oxygens (including phenoxy) is 1. The maximum atomic E-state index is 12.1. The highest BCUT2D eigenvalue weighted by Gasteiger charge is 2.22. The SMILES string of the molecule is CC(C)CC(CNC(=O)CNC(=O)c1ccccc1Cl)N1CCOCC1.